The van der Waals surface area contributed by atoms with Gasteiger partial charge in [0.15, 0.2) is 12.6 Å². The number of unbranched alkanes of at least 4 members (excludes halogenated alkanes) is 22. The van der Waals surface area contributed by atoms with E-state index in [0.717, 1.165) is 51.4 Å². The zero-order chi connectivity index (χ0) is 42.5. The Hall–Kier alpha value is -1.01. The summed E-state index contributed by atoms with van der Waals surface area (Å²) in [4.78, 5) is 13.1. The predicted octanol–water partition coefficient (Wildman–Crippen LogP) is 4.66. The van der Waals surface area contributed by atoms with E-state index < -0.39 is 86.8 Å². The predicted molar refractivity (Wildman–Crippen MR) is 222 cm³/mol. The van der Waals surface area contributed by atoms with Gasteiger partial charge in [-0.25, -0.2) is 0 Å². The number of hydrogen-bond donors (Lipinski definition) is 9. The molecule has 12 atom stereocenters. The minimum atomic E-state index is -1.78. The van der Waals surface area contributed by atoms with E-state index in [9.17, 15) is 45.6 Å². The molecular weight excluding hydrogens is 750 g/mol. The van der Waals surface area contributed by atoms with E-state index in [1.807, 2.05) is 0 Å². The normalized spacial score (nSPS) is 28.7. The van der Waals surface area contributed by atoms with Gasteiger partial charge in [-0.3, -0.25) is 4.79 Å². The van der Waals surface area contributed by atoms with Crippen LogP contribution in [0.1, 0.15) is 181 Å². The third-order valence-corrected chi connectivity index (χ3v) is 11.8. The lowest BCUT2D eigenvalue weighted by Gasteiger charge is -2.46. The highest BCUT2D eigenvalue weighted by molar-refractivity contribution is 5.76. The van der Waals surface area contributed by atoms with Gasteiger partial charge >= 0.3 is 0 Å². The first kappa shape index (κ1) is 53.1. The molecule has 0 bridgehead atoms. The lowest BCUT2D eigenvalue weighted by molar-refractivity contribution is -0.359. The Morgan fingerprint density at radius 2 is 0.983 bits per heavy atom. The van der Waals surface area contributed by atoms with Crippen molar-refractivity contribution in [3.8, 4) is 0 Å². The van der Waals surface area contributed by atoms with E-state index in [-0.39, 0.29) is 12.5 Å². The Labute approximate surface area is 349 Å². The topological polar surface area (TPSA) is 228 Å². The number of amides is 1. The number of ether oxygens (including phenoxy) is 4. The zero-order valence-corrected chi connectivity index (χ0v) is 36.1. The van der Waals surface area contributed by atoms with Gasteiger partial charge in [0.25, 0.3) is 0 Å². The molecule has 0 spiro atoms. The summed E-state index contributed by atoms with van der Waals surface area (Å²) in [6.07, 6.45) is 12.6. The maximum Gasteiger partial charge on any atom is 0.220 e. The number of nitrogens with one attached hydrogen (secondary N) is 1. The summed E-state index contributed by atoms with van der Waals surface area (Å²) in [5.41, 5.74) is 0. The lowest BCUT2D eigenvalue weighted by atomic mass is 9.97. The first-order chi connectivity index (χ1) is 28.1. The minimum Gasteiger partial charge on any atom is -0.394 e. The summed E-state index contributed by atoms with van der Waals surface area (Å²) in [7, 11) is 0. The molecule has 14 heteroatoms. The summed E-state index contributed by atoms with van der Waals surface area (Å²) in [5.74, 6) is -0.209. The highest BCUT2D eigenvalue weighted by Crippen LogP contribution is 2.30. The second-order valence-electron chi connectivity index (χ2n) is 16.9. The van der Waals surface area contributed by atoms with E-state index in [1.54, 1.807) is 0 Å². The van der Waals surface area contributed by atoms with Crippen LogP contribution < -0.4 is 5.32 Å². The Morgan fingerprint density at radius 1 is 0.552 bits per heavy atom. The van der Waals surface area contributed by atoms with Crippen molar-refractivity contribution >= 4 is 5.91 Å². The van der Waals surface area contributed by atoms with Crippen molar-refractivity contribution in [3.05, 3.63) is 0 Å². The van der Waals surface area contributed by atoms with Crippen molar-refractivity contribution < 1.29 is 64.6 Å². The van der Waals surface area contributed by atoms with Crippen LogP contribution in [0.15, 0.2) is 0 Å². The maximum atomic E-state index is 13.1. The Balaban J connectivity index is 1.87. The SMILES string of the molecule is CCCCCCCCCCCCCCCCC(O)C(COC1OC(CO)C(OC2OC(CO)C(O)C(O)C2O)C(O)C1O)NC(=O)CCCCCCCCCCCC. The molecule has 9 N–H and O–H groups in total. The molecule has 0 aliphatic carbocycles. The van der Waals surface area contributed by atoms with E-state index >= 15 is 0 Å². The van der Waals surface area contributed by atoms with Crippen LogP contribution in [-0.4, -0.2) is 140 Å². The second kappa shape index (κ2) is 32.7. The molecule has 2 aliphatic rings. The average molecular weight is 836 g/mol. The molecule has 58 heavy (non-hydrogen) atoms. The molecule has 0 aromatic carbocycles. The molecule has 14 nitrogen and oxygen atoms in total. The van der Waals surface area contributed by atoms with Crippen molar-refractivity contribution in [1.29, 1.82) is 0 Å². The van der Waals surface area contributed by atoms with Crippen LogP contribution in [-0.2, 0) is 23.7 Å². The second-order valence-corrected chi connectivity index (χ2v) is 16.9. The summed E-state index contributed by atoms with van der Waals surface area (Å²) in [6.45, 7) is 2.82. The van der Waals surface area contributed by atoms with Gasteiger partial charge in [0, 0.05) is 6.42 Å². The van der Waals surface area contributed by atoms with Gasteiger partial charge in [-0.2, -0.15) is 0 Å². The van der Waals surface area contributed by atoms with Gasteiger partial charge in [-0.1, -0.05) is 162 Å². The average Bonchev–Trinajstić information content (AvgIpc) is 3.22. The standard InChI is InChI=1S/C44H85NO13/c1-3-5-7-9-11-13-15-16-17-18-19-21-23-25-27-33(48)32(45-36(49)28-26-24-22-20-14-12-10-8-6-4-2)31-55-43-41(54)39(52)42(35(30-47)57-43)58-44-40(53)38(51)37(50)34(29-46)56-44/h32-35,37-44,46-48,50-54H,3-31H2,1-2H3,(H,45,49). The number of carbonyl (C=O) groups is 1. The molecule has 12 unspecified atom stereocenters. The summed E-state index contributed by atoms with van der Waals surface area (Å²) < 4.78 is 22.7. The Morgan fingerprint density at radius 3 is 1.47 bits per heavy atom. The largest absolute Gasteiger partial charge is 0.394 e. The molecule has 2 fully saturated rings. The molecule has 1 amide bonds. The molecule has 2 saturated heterocycles. The molecular formula is C44H85NO13. The van der Waals surface area contributed by atoms with Crippen LogP contribution >= 0.6 is 0 Å². The fraction of sp³-hybridized carbons (Fsp3) is 0.977. The van der Waals surface area contributed by atoms with Crippen molar-refractivity contribution in [2.75, 3.05) is 19.8 Å². The van der Waals surface area contributed by atoms with Gasteiger partial charge in [-0.05, 0) is 12.8 Å². The van der Waals surface area contributed by atoms with Gasteiger partial charge in [0.2, 0.25) is 5.91 Å². The molecule has 0 aromatic heterocycles. The van der Waals surface area contributed by atoms with Crippen LogP contribution in [0, 0.1) is 0 Å². The number of hydrogen-bond acceptors (Lipinski definition) is 13. The third kappa shape index (κ3) is 20.7. The summed E-state index contributed by atoms with van der Waals surface area (Å²) in [6, 6.07) is -0.818. The van der Waals surface area contributed by atoms with Crippen LogP contribution in [0.3, 0.4) is 0 Å². The lowest BCUT2D eigenvalue weighted by Crippen LogP contribution is -2.65. The van der Waals surface area contributed by atoms with Gasteiger partial charge in [0.05, 0.1) is 32.0 Å². The summed E-state index contributed by atoms with van der Waals surface area (Å²) >= 11 is 0. The number of aliphatic hydroxyl groups is 8. The van der Waals surface area contributed by atoms with Gasteiger partial charge in [0.1, 0.15) is 48.8 Å². The van der Waals surface area contributed by atoms with Crippen LogP contribution in [0.2, 0.25) is 0 Å². The van der Waals surface area contributed by atoms with Crippen molar-refractivity contribution in [2.45, 2.75) is 254 Å². The summed E-state index contributed by atoms with van der Waals surface area (Å²) in [5, 5.41) is 86.6. The number of rotatable bonds is 35. The van der Waals surface area contributed by atoms with Crippen LogP contribution in [0.4, 0.5) is 0 Å². The van der Waals surface area contributed by atoms with Crippen molar-refractivity contribution in [1.82, 2.24) is 5.32 Å². The van der Waals surface area contributed by atoms with E-state index in [4.69, 9.17) is 18.9 Å². The first-order valence-corrected chi connectivity index (χ1v) is 23.3. The Bertz CT molecular complexity index is 993. The first-order valence-electron chi connectivity index (χ1n) is 23.3. The minimum absolute atomic E-state index is 0.209. The molecule has 0 radical (unpaired) electrons. The molecule has 344 valence electrons. The molecule has 0 saturated carbocycles. The molecule has 2 rings (SSSR count). The van der Waals surface area contributed by atoms with Crippen molar-refractivity contribution in [2.24, 2.45) is 0 Å². The third-order valence-electron chi connectivity index (χ3n) is 11.8. The fourth-order valence-electron chi connectivity index (χ4n) is 7.94. The number of aliphatic hydroxyl groups excluding tert-OH is 8. The fourth-order valence-corrected chi connectivity index (χ4v) is 7.94. The highest BCUT2D eigenvalue weighted by Gasteiger charge is 2.51. The Kier molecular flexibility index (Phi) is 29.9. The molecule has 2 heterocycles. The van der Waals surface area contributed by atoms with Crippen LogP contribution in [0.25, 0.3) is 0 Å². The van der Waals surface area contributed by atoms with E-state index in [2.05, 4.69) is 19.2 Å². The number of carbonyl (C=O) groups excluding carboxylic acids is 1. The van der Waals surface area contributed by atoms with Gasteiger partial charge in [-0.15, -0.1) is 0 Å². The highest BCUT2D eigenvalue weighted by atomic mass is 16.7. The van der Waals surface area contributed by atoms with Crippen molar-refractivity contribution in [3.63, 3.8) is 0 Å². The smallest absolute Gasteiger partial charge is 0.220 e. The maximum absolute atomic E-state index is 13.1. The van der Waals surface area contributed by atoms with E-state index in [0.29, 0.717) is 12.8 Å². The molecule has 2 aliphatic heterocycles. The van der Waals surface area contributed by atoms with Gasteiger partial charge < -0.3 is 65.1 Å². The zero-order valence-electron chi connectivity index (χ0n) is 36.1. The monoisotopic (exact) mass is 836 g/mol. The molecule has 0 aromatic rings. The van der Waals surface area contributed by atoms with Crippen LogP contribution in [0.5, 0.6) is 0 Å². The van der Waals surface area contributed by atoms with E-state index in [1.165, 1.54) is 103 Å². The quantitative estimate of drug-likeness (QED) is 0.0397.